The predicted octanol–water partition coefficient (Wildman–Crippen LogP) is 3.85. The minimum absolute atomic E-state index is 0.0481. The summed E-state index contributed by atoms with van der Waals surface area (Å²) in [4.78, 5) is 39.1. The second-order valence-corrected chi connectivity index (χ2v) is 6.82. The molecule has 30 heavy (non-hydrogen) atoms. The molecule has 0 saturated heterocycles. The van der Waals surface area contributed by atoms with E-state index in [9.17, 15) is 22.8 Å². The summed E-state index contributed by atoms with van der Waals surface area (Å²) < 4.78 is 43.6. The molecule has 0 unspecified atom stereocenters. The van der Waals surface area contributed by atoms with Crippen LogP contribution in [0.3, 0.4) is 0 Å². The molecule has 4 rings (SSSR count). The fraction of sp³-hybridized carbons (Fsp3) is 0.158. The number of aromatic nitrogens is 4. The predicted molar refractivity (Wildman–Crippen MR) is 103 cm³/mol. The van der Waals surface area contributed by atoms with Gasteiger partial charge in [-0.15, -0.1) is 0 Å². The standard InChI is InChI=1S/C19H12ClF3N4O3/c1-30-7-13-18(29)27-12-6-25-17-14(15(12)26-13)10(5-24-17)16(28)9-3-2-8(4-11(9)20)19(21,22)23/h2-6H,7H2,1H3,(H,24,25)(H,27,29). The quantitative estimate of drug-likeness (QED) is 0.473. The molecule has 1 aromatic carbocycles. The SMILES string of the molecule is COCc1nc2c(cnc3[nH]cc(C(=O)c4ccc(C(F)(F)F)cc4Cl)c32)[nH]c1=O. The monoisotopic (exact) mass is 436 g/mol. The minimum atomic E-state index is -4.58. The third-order valence-electron chi connectivity index (χ3n) is 4.50. The van der Waals surface area contributed by atoms with Crippen LogP contribution in [0.5, 0.6) is 0 Å². The molecule has 0 saturated carbocycles. The highest BCUT2D eigenvalue weighted by molar-refractivity contribution is 6.36. The van der Waals surface area contributed by atoms with Crippen molar-refractivity contribution < 1.29 is 22.7 Å². The minimum Gasteiger partial charge on any atom is -0.378 e. The molecule has 0 atom stereocenters. The molecule has 0 aliphatic rings. The van der Waals surface area contributed by atoms with Crippen molar-refractivity contribution in [1.29, 1.82) is 0 Å². The smallest absolute Gasteiger partial charge is 0.378 e. The van der Waals surface area contributed by atoms with Crippen molar-refractivity contribution in [2.75, 3.05) is 7.11 Å². The summed E-state index contributed by atoms with van der Waals surface area (Å²) in [5, 5.41) is -0.0270. The first kappa shape index (κ1) is 20.0. The molecule has 0 aliphatic heterocycles. The Bertz CT molecular complexity index is 1360. The molecule has 0 aliphatic carbocycles. The lowest BCUT2D eigenvalue weighted by Gasteiger charge is -2.09. The van der Waals surface area contributed by atoms with Gasteiger partial charge in [0, 0.05) is 18.9 Å². The Morgan fingerprint density at radius 1 is 1.27 bits per heavy atom. The molecule has 3 heterocycles. The van der Waals surface area contributed by atoms with Crippen molar-refractivity contribution in [3.8, 4) is 0 Å². The molecule has 0 bridgehead atoms. The van der Waals surface area contributed by atoms with Gasteiger partial charge in [0.1, 0.15) is 16.9 Å². The average Bonchev–Trinajstić information content (AvgIpc) is 3.12. The van der Waals surface area contributed by atoms with Gasteiger partial charge in [-0.05, 0) is 18.2 Å². The number of hydrogen-bond donors (Lipinski definition) is 2. The molecule has 2 N–H and O–H groups in total. The van der Waals surface area contributed by atoms with Crippen LogP contribution >= 0.6 is 11.6 Å². The number of ether oxygens (including phenoxy) is 1. The highest BCUT2D eigenvalue weighted by Crippen LogP contribution is 2.34. The molecule has 0 fully saturated rings. The van der Waals surface area contributed by atoms with Crippen molar-refractivity contribution in [1.82, 2.24) is 19.9 Å². The van der Waals surface area contributed by atoms with Crippen LogP contribution in [0.25, 0.3) is 22.1 Å². The van der Waals surface area contributed by atoms with E-state index in [2.05, 4.69) is 19.9 Å². The van der Waals surface area contributed by atoms with Gasteiger partial charge in [-0.3, -0.25) is 9.59 Å². The summed E-state index contributed by atoms with van der Waals surface area (Å²) >= 11 is 5.98. The largest absolute Gasteiger partial charge is 0.416 e. The third kappa shape index (κ3) is 3.33. The normalized spacial score (nSPS) is 12.0. The van der Waals surface area contributed by atoms with Crippen molar-refractivity contribution >= 4 is 39.5 Å². The summed E-state index contributed by atoms with van der Waals surface area (Å²) in [6.45, 7) is -0.0481. The van der Waals surface area contributed by atoms with E-state index >= 15 is 0 Å². The lowest BCUT2D eigenvalue weighted by atomic mass is 10.0. The Hall–Kier alpha value is -3.24. The number of methoxy groups -OCH3 is 1. The number of hydrogen-bond acceptors (Lipinski definition) is 5. The number of rotatable bonds is 4. The van der Waals surface area contributed by atoms with Crippen LogP contribution in [-0.4, -0.2) is 32.8 Å². The molecule has 4 aromatic rings. The maximum atomic E-state index is 13.1. The van der Waals surface area contributed by atoms with E-state index in [1.54, 1.807) is 0 Å². The van der Waals surface area contributed by atoms with Crippen LogP contribution in [-0.2, 0) is 17.5 Å². The Morgan fingerprint density at radius 3 is 2.70 bits per heavy atom. The van der Waals surface area contributed by atoms with Gasteiger partial charge >= 0.3 is 6.18 Å². The number of alkyl halides is 3. The van der Waals surface area contributed by atoms with Crippen molar-refractivity contribution in [2.24, 2.45) is 0 Å². The number of benzene rings is 1. The Kier molecular flexibility index (Phi) is 4.83. The molecule has 11 heteroatoms. The molecule has 0 amide bonds. The van der Waals surface area contributed by atoms with Gasteiger partial charge in [0.25, 0.3) is 5.56 Å². The van der Waals surface area contributed by atoms with Gasteiger partial charge in [0.15, 0.2) is 5.78 Å². The molecule has 0 radical (unpaired) electrons. The molecular formula is C19H12ClF3N4O3. The molecule has 3 aromatic heterocycles. The lowest BCUT2D eigenvalue weighted by molar-refractivity contribution is -0.137. The Balaban J connectivity index is 1.91. The summed E-state index contributed by atoms with van der Waals surface area (Å²) in [5.41, 5.74) is -0.421. The van der Waals surface area contributed by atoms with Gasteiger partial charge < -0.3 is 14.7 Å². The number of carbonyl (C=O) groups is 1. The molecule has 0 spiro atoms. The van der Waals surface area contributed by atoms with E-state index in [1.165, 1.54) is 19.5 Å². The summed E-state index contributed by atoms with van der Waals surface area (Å²) in [6.07, 6.45) is -1.83. The van der Waals surface area contributed by atoms with E-state index in [-0.39, 0.29) is 28.5 Å². The molecule has 7 nitrogen and oxygen atoms in total. The van der Waals surface area contributed by atoms with Gasteiger partial charge in [0.05, 0.1) is 39.9 Å². The maximum absolute atomic E-state index is 13.1. The average molecular weight is 437 g/mol. The van der Waals surface area contributed by atoms with Gasteiger partial charge in [-0.25, -0.2) is 9.97 Å². The number of pyridine rings is 1. The number of fused-ring (bicyclic) bond motifs is 3. The Labute approximate surface area is 170 Å². The van der Waals surface area contributed by atoms with Crippen LogP contribution in [0.15, 0.2) is 35.4 Å². The van der Waals surface area contributed by atoms with E-state index < -0.39 is 23.1 Å². The maximum Gasteiger partial charge on any atom is 0.416 e. The number of nitrogens with one attached hydrogen (secondary N) is 2. The molecule has 154 valence electrons. The third-order valence-corrected chi connectivity index (χ3v) is 4.81. The summed E-state index contributed by atoms with van der Waals surface area (Å²) in [5.74, 6) is -0.615. The van der Waals surface area contributed by atoms with Crippen LogP contribution in [0.1, 0.15) is 27.2 Å². The number of aromatic amines is 2. The highest BCUT2D eigenvalue weighted by Gasteiger charge is 2.31. The van der Waals surface area contributed by atoms with Crippen LogP contribution in [0.4, 0.5) is 13.2 Å². The number of H-pyrrole nitrogens is 2. The van der Waals surface area contributed by atoms with Crippen LogP contribution in [0, 0.1) is 0 Å². The zero-order valence-electron chi connectivity index (χ0n) is 15.2. The van der Waals surface area contributed by atoms with Gasteiger partial charge in [0.2, 0.25) is 0 Å². The first-order valence-corrected chi connectivity index (χ1v) is 8.88. The van der Waals surface area contributed by atoms with Crippen molar-refractivity contribution in [3.05, 3.63) is 68.4 Å². The van der Waals surface area contributed by atoms with E-state index in [1.807, 2.05) is 0 Å². The van der Waals surface area contributed by atoms with Gasteiger partial charge in [-0.2, -0.15) is 13.2 Å². The van der Waals surface area contributed by atoms with Crippen molar-refractivity contribution in [3.63, 3.8) is 0 Å². The lowest BCUT2D eigenvalue weighted by Crippen LogP contribution is -2.16. The number of halogens is 4. The fourth-order valence-corrected chi connectivity index (χ4v) is 3.37. The Morgan fingerprint density at radius 2 is 2.03 bits per heavy atom. The number of nitrogens with zero attached hydrogens (tertiary/aromatic N) is 2. The van der Waals surface area contributed by atoms with Crippen LogP contribution < -0.4 is 5.56 Å². The zero-order chi connectivity index (χ0) is 21.6. The second kappa shape index (κ2) is 7.22. The summed E-state index contributed by atoms with van der Waals surface area (Å²) in [7, 11) is 1.41. The number of ketones is 1. The van der Waals surface area contributed by atoms with E-state index in [0.717, 1.165) is 12.1 Å². The zero-order valence-corrected chi connectivity index (χ0v) is 16.0. The topological polar surface area (TPSA) is 101 Å². The van der Waals surface area contributed by atoms with E-state index in [0.29, 0.717) is 28.1 Å². The molecular weight excluding hydrogens is 425 g/mol. The van der Waals surface area contributed by atoms with E-state index in [4.69, 9.17) is 16.3 Å². The number of carbonyl (C=O) groups excluding carboxylic acids is 1. The second-order valence-electron chi connectivity index (χ2n) is 6.41. The first-order valence-electron chi connectivity index (χ1n) is 8.50. The summed E-state index contributed by atoms with van der Waals surface area (Å²) in [6, 6.07) is 2.51. The first-order chi connectivity index (χ1) is 14.2. The van der Waals surface area contributed by atoms with Gasteiger partial charge in [-0.1, -0.05) is 11.6 Å². The highest BCUT2D eigenvalue weighted by atomic mass is 35.5. The van der Waals surface area contributed by atoms with Crippen molar-refractivity contribution in [2.45, 2.75) is 12.8 Å². The fourth-order valence-electron chi connectivity index (χ4n) is 3.10. The van der Waals surface area contributed by atoms with Crippen LogP contribution in [0.2, 0.25) is 5.02 Å².